The van der Waals surface area contributed by atoms with Crippen LogP contribution in [-0.4, -0.2) is 17.6 Å². The van der Waals surface area contributed by atoms with Crippen LogP contribution < -0.4 is 0 Å². The highest BCUT2D eigenvalue weighted by molar-refractivity contribution is 5.85. The van der Waals surface area contributed by atoms with Gasteiger partial charge in [-0.2, -0.15) is 4.98 Å². The van der Waals surface area contributed by atoms with Crippen LogP contribution in [0.2, 0.25) is 0 Å². The lowest BCUT2D eigenvalue weighted by atomic mass is 10.5. The average Bonchev–Trinajstić information content (AvgIpc) is 2.36. The largest absolute Gasteiger partial charge is 0.460 e. The Balaban J connectivity index is 2.69. The molecule has 0 aliphatic rings. The highest BCUT2D eigenvalue weighted by Crippen LogP contribution is 2.02. The number of esters is 1. The highest BCUT2D eigenvalue weighted by atomic mass is 19.1. The molecular formula is C6H6FNO3. The van der Waals surface area contributed by atoms with Gasteiger partial charge < -0.3 is 9.15 Å². The van der Waals surface area contributed by atoms with E-state index in [1.54, 1.807) is 6.92 Å². The molecule has 1 aromatic rings. The monoisotopic (exact) mass is 159 g/mol. The van der Waals surface area contributed by atoms with Gasteiger partial charge in [0, 0.05) is 0 Å². The number of hydrogen-bond acceptors (Lipinski definition) is 4. The molecule has 0 bridgehead atoms. The Labute approximate surface area is 62.0 Å². The summed E-state index contributed by atoms with van der Waals surface area (Å²) < 4.78 is 20.8. The maximum Gasteiger partial charge on any atom is 0.382 e. The molecule has 1 heterocycles. The molecule has 0 N–H and O–H groups in total. The standard InChI is InChI=1S/C6H6FNO3/c1-2-10-5(9)4-3-8-6(7)11-4/h3H,2H2,1H3. The Kier molecular flexibility index (Phi) is 2.20. The number of halogens is 1. The molecule has 1 aromatic heterocycles. The van der Waals surface area contributed by atoms with Gasteiger partial charge in [0.2, 0.25) is 5.76 Å². The minimum Gasteiger partial charge on any atom is -0.460 e. The quantitative estimate of drug-likeness (QED) is 0.604. The van der Waals surface area contributed by atoms with Crippen LogP contribution in [0.1, 0.15) is 17.5 Å². The number of aromatic nitrogens is 1. The first-order chi connectivity index (χ1) is 5.24. The van der Waals surface area contributed by atoms with Crippen LogP contribution in [0.3, 0.4) is 0 Å². The molecule has 0 aromatic carbocycles. The summed E-state index contributed by atoms with van der Waals surface area (Å²) in [5.41, 5.74) is 0. The van der Waals surface area contributed by atoms with Gasteiger partial charge in [-0.15, -0.1) is 4.39 Å². The Morgan fingerprint density at radius 1 is 1.91 bits per heavy atom. The summed E-state index contributed by atoms with van der Waals surface area (Å²) >= 11 is 0. The number of hydrogen-bond donors (Lipinski definition) is 0. The van der Waals surface area contributed by atoms with Gasteiger partial charge in [-0.3, -0.25) is 0 Å². The molecular weight excluding hydrogens is 153 g/mol. The van der Waals surface area contributed by atoms with Crippen LogP contribution >= 0.6 is 0 Å². The zero-order valence-corrected chi connectivity index (χ0v) is 5.83. The Hall–Kier alpha value is -1.39. The molecule has 0 saturated heterocycles. The minimum atomic E-state index is -1.03. The smallest absolute Gasteiger partial charge is 0.382 e. The summed E-state index contributed by atoms with van der Waals surface area (Å²) in [6, 6.07) is 0. The van der Waals surface area contributed by atoms with Crippen LogP contribution in [0.4, 0.5) is 4.39 Å². The van der Waals surface area contributed by atoms with Crippen LogP contribution in [-0.2, 0) is 4.74 Å². The molecule has 0 atom stereocenters. The number of rotatable bonds is 2. The second-order valence-electron chi connectivity index (χ2n) is 1.70. The summed E-state index contributed by atoms with van der Waals surface area (Å²) in [4.78, 5) is 13.8. The molecule has 1 rings (SSSR count). The summed E-state index contributed by atoms with van der Waals surface area (Å²) in [7, 11) is 0. The van der Waals surface area contributed by atoms with E-state index in [4.69, 9.17) is 0 Å². The molecule has 11 heavy (non-hydrogen) atoms. The van der Waals surface area contributed by atoms with Crippen molar-refractivity contribution >= 4 is 5.97 Å². The zero-order valence-electron chi connectivity index (χ0n) is 5.83. The molecule has 0 aliphatic heterocycles. The third-order valence-electron chi connectivity index (χ3n) is 0.954. The van der Waals surface area contributed by atoms with Crippen molar-refractivity contribution in [1.82, 2.24) is 4.98 Å². The normalized spacial score (nSPS) is 9.64. The Morgan fingerprint density at radius 3 is 3.09 bits per heavy atom. The predicted octanol–water partition coefficient (Wildman–Crippen LogP) is 0.990. The second-order valence-corrected chi connectivity index (χ2v) is 1.70. The van der Waals surface area contributed by atoms with E-state index in [9.17, 15) is 9.18 Å². The first-order valence-corrected chi connectivity index (χ1v) is 3.02. The molecule has 5 heteroatoms. The van der Waals surface area contributed by atoms with E-state index in [0.717, 1.165) is 6.20 Å². The molecule has 0 unspecified atom stereocenters. The molecule has 0 aliphatic carbocycles. The van der Waals surface area contributed by atoms with Gasteiger partial charge in [-0.05, 0) is 6.92 Å². The van der Waals surface area contributed by atoms with E-state index in [0.29, 0.717) is 0 Å². The highest BCUT2D eigenvalue weighted by Gasteiger charge is 2.12. The lowest BCUT2D eigenvalue weighted by Crippen LogP contribution is -2.02. The van der Waals surface area contributed by atoms with E-state index >= 15 is 0 Å². The van der Waals surface area contributed by atoms with E-state index in [1.807, 2.05) is 0 Å². The fourth-order valence-electron chi connectivity index (χ4n) is 0.549. The molecule has 0 spiro atoms. The van der Waals surface area contributed by atoms with Gasteiger partial charge in [0.25, 0.3) is 0 Å². The summed E-state index contributed by atoms with van der Waals surface area (Å²) in [5, 5.41) is 0. The van der Waals surface area contributed by atoms with Crippen LogP contribution in [0.25, 0.3) is 0 Å². The predicted molar refractivity (Wildman–Crippen MR) is 32.4 cm³/mol. The lowest BCUT2D eigenvalue weighted by Gasteiger charge is -1.94. The van der Waals surface area contributed by atoms with Gasteiger partial charge in [0.1, 0.15) is 0 Å². The summed E-state index contributed by atoms with van der Waals surface area (Å²) in [6.45, 7) is 1.87. The van der Waals surface area contributed by atoms with Crippen molar-refractivity contribution in [2.24, 2.45) is 0 Å². The van der Waals surface area contributed by atoms with Crippen molar-refractivity contribution in [3.63, 3.8) is 0 Å². The van der Waals surface area contributed by atoms with Gasteiger partial charge in [-0.25, -0.2) is 4.79 Å². The first kappa shape index (κ1) is 7.71. The van der Waals surface area contributed by atoms with Crippen LogP contribution in [0.15, 0.2) is 10.6 Å². The van der Waals surface area contributed by atoms with Gasteiger partial charge >= 0.3 is 12.1 Å². The average molecular weight is 159 g/mol. The third kappa shape index (κ3) is 1.76. The van der Waals surface area contributed by atoms with E-state index in [-0.39, 0.29) is 12.4 Å². The first-order valence-electron chi connectivity index (χ1n) is 3.02. The topological polar surface area (TPSA) is 52.3 Å². The number of nitrogens with zero attached hydrogens (tertiary/aromatic N) is 1. The molecule has 60 valence electrons. The number of carbonyl (C=O) groups excluding carboxylic acids is 1. The number of carbonyl (C=O) groups is 1. The number of ether oxygens (including phenoxy) is 1. The maximum absolute atomic E-state index is 12.0. The molecule has 0 fully saturated rings. The summed E-state index contributed by atoms with van der Waals surface area (Å²) in [6.07, 6.45) is -0.0547. The Morgan fingerprint density at radius 2 is 2.64 bits per heavy atom. The van der Waals surface area contributed by atoms with E-state index < -0.39 is 12.1 Å². The molecule has 0 amide bonds. The van der Waals surface area contributed by atoms with E-state index in [2.05, 4.69) is 14.1 Å². The number of oxazole rings is 1. The van der Waals surface area contributed by atoms with Gasteiger partial charge in [-0.1, -0.05) is 0 Å². The van der Waals surface area contributed by atoms with Crippen molar-refractivity contribution in [2.45, 2.75) is 6.92 Å². The van der Waals surface area contributed by atoms with Crippen LogP contribution in [0, 0.1) is 6.14 Å². The Bertz CT molecular complexity index is 258. The zero-order chi connectivity index (χ0) is 8.27. The molecule has 0 saturated carbocycles. The molecule has 0 radical (unpaired) electrons. The van der Waals surface area contributed by atoms with Crippen molar-refractivity contribution < 1.29 is 18.3 Å². The van der Waals surface area contributed by atoms with Crippen molar-refractivity contribution in [1.29, 1.82) is 0 Å². The summed E-state index contributed by atoms with van der Waals surface area (Å²) in [5.74, 6) is -0.923. The van der Waals surface area contributed by atoms with Crippen molar-refractivity contribution in [3.05, 3.63) is 18.1 Å². The van der Waals surface area contributed by atoms with Crippen molar-refractivity contribution in [3.8, 4) is 0 Å². The van der Waals surface area contributed by atoms with Gasteiger partial charge in [0.15, 0.2) is 0 Å². The van der Waals surface area contributed by atoms with E-state index in [1.165, 1.54) is 0 Å². The SMILES string of the molecule is CCOC(=O)c1cnc(F)o1. The fraction of sp³-hybridized carbons (Fsp3) is 0.333. The molecule has 4 nitrogen and oxygen atoms in total. The fourth-order valence-corrected chi connectivity index (χ4v) is 0.549. The minimum absolute atomic E-state index is 0.218. The third-order valence-corrected chi connectivity index (χ3v) is 0.954. The maximum atomic E-state index is 12.0. The van der Waals surface area contributed by atoms with Crippen molar-refractivity contribution in [2.75, 3.05) is 6.61 Å². The van der Waals surface area contributed by atoms with Crippen LogP contribution in [0.5, 0.6) is 0 Å². The lowest BCUT2D eigenvalue weighted by molar-refractivity contribution is 0.0480. The second kappa shape index (κ2) is 3.14. The van der Waals surface area contributed by atoms with Gasteiger partial charge in [0.05, 0.1) is 12.8 Å².